The Labute approximate surface area is 241 Å². The molecule has 0 aliphatic carbocycles. The van der Waals surface area contributed by atoms with E-state index in [1.54, 1.807) is 6.07 Å². The number of hydrogen-bond acceptors (Lipinski definition) is 6. The summed E-state index contributed by atoms with van der Waals surface area (Å²) < 4.78 is 69.6. The van der Waals surface area contributed by atoms with Crippen LogP contribution in [-0.4, -0.2) is 54.0 Å². The molecule has 0 aliphatic rings. The fourth-order valence-electron chi connectivity index (χ4n) is 4.14. The van der Waals surface area contributed by atoms with E-state index in [9.17, 15) is 26.7 Å². The molecule has 0 aliphatic heterocycles. The van der Waals surface area contributed by atoms with Gasteiger partial charge in [0, 0.05) is 42.6 Å². The van der Waals surface area contributed by atoms with Crippen molar-refractivity contribution in [1.29, 1.82) is 0 Å². The highest BCUT2D eigenvalue weighted by Crippen LogP contribution is 2.37. The van der Waals surface area contributed by atoms with Crippen molar-refractivity contribution in [2.24, 2.45) is 5.73 Å². The number of carbonyl (C=O) groups is 1. The highest BCUT2D eigenvalue weighted by molar-refractivity contribution is 6.35. The molecule has 4 rings (SSSR count). The molecule has 220 valence electrons. The highest BCUT2D eigenvalue weighted by atomic mass is 35.5. The maximum atomic E-state index is 13.7. The van der Waals surface area contributed by atoms with Gasteiger partial charge in [-0.3, -0.25) is 18.3 Å². The number of nitrogens with two attached hydrogens (primary N) is 1. The lowest BCUT2D eigenvalue weighted by Gasteiger charge is -2.15. The predicted octanol–water partition coefficient (Wildman–Crippen LogP) is 6.39. The Morgan fingerprint density at radius 2 is 1.90 bits per heavy atom. The van der Waals surface area contributed by atoms with Crippen LogP contribution < -0.4 is 11.1 Å². The van der Waals surface area contributed by atoms with Gasteiger partial charge in [0.15, 0.2) is 17.2 Å². The topological polar surface area (TPSA) is 106 Å². The van der Waals surface area contributed by atoms with Crippen molar-refractivity contribution in [3.63, 3.8) is 0 Å². The summed E-state index contributed by atoms with van der Waals surface area (Å²) in [5, 5.41) is 6.43. The van der Waals surface area contributed by atoms with E-state index < -0.39 is 36.3 Å². The van der Waals surface area contributed by atoms with Crippen LogP contribution in [0.2, 0.25) is 5.02 Å². The molecule has 3 aromatic heterocycles. The van der Waals surface area contributed by atoms with E-state index >= 15 is 0 Å². The number of nitrogens with one attached hydrogen (secondary N) is 1. The number of rotatable bonds is 12. The summed E-state index contributed by atoms with van der Waals surface area (Å²) in [5.41, 5.74) is 4.47. The Morgan fingerprint density at radius 1 is 1.15 bits per heavy atom. The third-order valence-electron chi connectivity index (χ3n) is 6.05. The number of nitrogens with zero attached hydrogens (tertiary/aromatic N) is 6. The number of halogens is 7. The van der Waals surface area contributed by atoms with Crippen molar-refractivity contribution in [3.8, 4) is 11.3 Å². The molecule has 16 heteroatoms. The number of hydrogen-bond donors (Lipinski definition) is 2. The van der Waals surface area contributed by atoms with Crippen molar-refractivity contribution in [1.82, 2.24) is 28.6 Å². The lowest BCUT2D eigenvalue weighted by Crippen LogP contribution is -2.23. The molecule has 9 nitrogen and oxygen atoms in total. The summed E-state index contributed by atoms with van der Waals surface area (Å²) in [6.07, 6.45) is 0.450. The fraction of sp³-hybridized carbons (Fsp3) is 0.360. The van der Waals surface area contributed by atoms with E-state index in [1.807, 2.05) is 0 Å². The highest BCUT2D eigenvalue weighted by Gasteiger charge is 2.38. The molecule has 4 aromatic rings. The van der Waals surface area contributed by atoms with Gasteiger partial charge in [0.05, 0.1) is 28.0 Å². The largest absolute Gasteiger partial charge is 0.435 e. The Hall–Kier alpha value is -3.49. The van der Waals surface area contributed by atoms with Crippen LogP contribution in [-0.2, 0) is 12.7 Å². The van der Waals surface area contributed by atoms with E-state index in [2.05, 4.69) is 20.4 Å². The van der Waals surface area contributed by atoms with E-state index in [0.29, 0.717) is 29.9 Å². The van der Waals surface area contributed by atoms with Crippen LogP contribution in [0.15, 0.2) is 43.0 Å². The number of alkyl halides is 5. The summed E-state index contributed by atoms with van der Waals surface area (Å²) >= 11 is 12.5. The second kappa shape index (κ2) is 13.0. The molecule has 3 N–H and O–H groups in total. The molecule has 1 amide bonds. The quantitative estimate of drug-likeness (QED) is 0.108. The monoisotopic (exact) mass is 618 g/mol. The fourth-order valence-corrected chi connectivity index (χ4v) is 4.62. The van der Waals surface area contributed by atoms with Crippen LogP contribution in [0.4, 0.5) is 33.5 Å². The molecular weight excluding hydrogens is 594 g/mol. The van der Waals surface area contributed by atoms with Crippen molar-refractivity contribution in [2.75, 3.05) is 18.4 Å². The predicted molar refractivity (Wildman–Crippen MR) is 144 cm³/mol. The molecule has 3 heterocycles. The Morgan fingerprint density at radius 3 is 2.59 bits per heavy atom. The lowest BCUT2D eigenvalue weighted by molar-refractivity contribution is -0.141. The number of aromatic nitrogens is 5. The van der Waals surface area contributed by atoms with Crippen molar-refractivity contribution < 1.29 is 26.7 Å². The van der Waals surface area contributed by atoms with Crippen molar-refractivity contribution in [2.45, 2.75) is 44.8 Å². The molecule has 0 spiro atoms. The molecule has 41 heavy (non-hydrogen) atoms. The third-order valence-corrected chi connectivity index (χ3v) is 6.69. The standard InChI is InChI=1S/C25H25Cl2F5N8O/c26-18-11-15(5-6-16(18)24(41)40(27)9-4-2-1-3-7-33)36-22-23-35-12-19(39(23)10-8-34-22)17-13-38(14-20(28)29)37-21(17)25(30,31)32/h5-6,8,10-13,20H,1-4,7,9,14,33H2,(H,34,36). The molecular formula is C25H25Cl2F5N8O. The molecule has 0 radical (unpaired) electrons. The van der Waals surface area contributed by atoms with Crippen LogP contribution in [0.5, 0.6) is 0 Å². The first-order valence-electron chi connectivity index (χ1n) is 12.5. The minimum Gasteiger partial charge on any atom is -0.337 e. The van der Waals surface area contributed by atoms with Crippen LogP contribution in [0.1, 0.15) is 41.7 Å². The van der Waals surface area contributed by atoms with Gasteiger partial charge in [-0.1, -0.05) is 24.4 Å². The van der Waals surface area contributed by atoms with Crippen LogP contribution >= 0.6 is 23.4 Å². The summed E-state index contributed by atoms with van der Waals surface area (Å²) in [6.45, 7) is -0.0459. The van der Waals surface area contributed by atoms with Crippen LogP contribution in [0.25, 0.3) is 16.9 Å². The van der Waals surface area contributed by atoms with Gasteiger partial charge in [0.1, 0.15) is 6.54 Å². The smallest absolute Gasteiger partial charge is 0.337 e. The molecule has 0 unspecified atom stereocenters. The average Bonchev–Trinajstić information content (AvgIpc) is 3.52. The number of imidazole rings is 1. The van der Waals surface area contributed by atoms with Gasteiger partial charge in [0.2, 0.25) is 0 Å². The summed E-state index contributed by atoms with van der Waals surface area (Å²) in [6, 6.07) is 4.53. The number of anilines is 2. The number of unbranched alkanes of at least 4 members (excludes halogenated alkanes) is 3. The lowest BCUT2D eigenvalue weighted by atomic mass is 10.1. The van der Waals surface area contributed by atoms with E-state index in [4.69, 9.17) is 29.1 Å². The first kappa shape index (κ1) is 30.5. The Kier molecular flexibility index (Phi) is 9.66. The zero-order valence-electron chi connectivity index (χ0n) is 21.4. The first-order chi connectivity index (χ1) is 19.5. The van der Waals surface area contributed by atoms with Gasteiger partial charge in [-0.25, -0.2) is 18.7 Å². The molecule has 0 saturated carbocycles. The van der Waals surface area contributed by atoms with Gasteiger partial charge in [0.25, 0.3) is 12.3 Å². The SMILES string of the molecule is NCCCCCCN(Cl)C(=O)c1ccc(Nc2nccn3c(-c4cn(CC(F)F)nc4C(F)(F)F)cnc23)cc1Cl. The second-order valence-corrected chi connectivity index (χ2v) is 9.84. The first-order valence-corrected chi connectivity index (χ1v) is 13.2. The Balaban J connectivity index is 1.56. The number of carbonyl (C=O) groups excluding carboxylic acids is 1. The van der Waals surface area contributed by atoms with E-state index in [0.717, 1.165) is 29.9 Å². The maximum absolute atomic E-state index is 13.7. The van der Waals surface area contributed by atoms with Crippen LogP contribution in [0.3, 0.4) is 0 Å². The second-order valence-electron chi connectivity index (χ2n) is 9.03. The van der Waals surface area contributed by atoms with Crippen LogP contribution in [0, 0.1) is 0 Å². The van der Waals surface area contributed by atoms with E-state index in [-0.39, 0.29) is 27.7 Å². The van der Waals surface area contributed by atoms with Gasteiger partial charge >= 0.3 is 6.18 Å². The third kappa shape index (κ3) is 7.24. The molecule has 0 saturated heterocycles. The van der Waals surface area contributed by atoms with Gasteiger partial charge in [-0.2, -0.15) is 18.3 Å². The zero-order chi connectivity index (χ0) is 29.7. The number of benzene rings is 1. The summed E-state index contributed by atoms with van der Waals surface area (Å²) in [5.74, 6) is -0.299. The average molecular weight is 619 g/mol. The summed E-state index contributed by atoms with van der Waals surface area (Å²) in [7, 11) is 0. The summed E-state index contributed by atoms with van der Waals surface area (Å²) in [4.78, 5) is 21.1. The van der Waals surface area contributed by atoms with Crippen molar-refractivity contribution >= 4 is 46.4 Å². The molecule has 1 aromatic carbocycles. The number of amides is 1. The minimum absolute atomic E-state index is 0.0255. The molecule has 0 bridgehead atoms. The maximum Gasteiger partial charge on any atom is 0.435 e. The van der Waals surface area contributed by atoms with Gasteiger partial charge in [-0.15, -0.1) is 0 Å². The zero-order valence-corrected chi connectivity index (χ0v) is 22.9. The van der Waals surface area contributed by atoms with Gasteiger partial charge in [-0.05, 0) is 37.6 Å². The Bertz CT molecular complexity index is 1510. The molecule has 0 atom stereocenters. The van der Waals surface area contributed by atoms with Gasteiger partial charge < -0.3 is 11.1 Å². The van der Waals surface area contributed by atoms with E-state index in [1.165, 1.54) is 35.1 Å². The minimum atomic E-state index is -4.89. The number of fused-ring (bicyclic) bond motifs is 1. The normalized spacial score (nSPS) is 11.9. The molecule has 0 fully saturated rings. The van der Waals surface area contributed by atoms with Crippen molar-refractivity contribution in [3.05, 3.63) is 59.3 Å².